The Hall–Kier alpha value is -1.06. The number of nitrogens with zero attached hydrogens (tertiary/aromatic N) is 2. The Morgan fingerprint density at radius 2 is 2.16 bits per heavy atom. The molecule has 1 aromatic heterocycles. The van der Waals surface area contributed by atoms with Crippen LogP contribution in [0.1, 0.15) is 12.0 Å². The predicted octanol–water partition coefficient (Wildman–Crippen LogP) is 2.82. The molecule has 0 atom stereocenters. The molecule has 0 saturated carbocycles. The summed E-state index contributed by atoms with van der Waals surface area (Å²) in [4.78, 5) is 16.6. The van der Waals surface area contributed by atoms with Gasteiger partial charge < -0.3 is 7.97 Å². The van der Waals surface area contributed by atoms with Crippen molar-refractivity contribution in [3.05, 3.63) is 23.9 Å². The zero-order valence-electron chi connectivity index (χ0n) is 9.65. The summed E-state index contributed by atoms with van der Waals surface area (Å²) in [5.41, 5.74) is -0.762. The molecule has 0 N–H and O–H groups in total. The molecule has 0 aromatic carbocycles. The summed E-state index contributed by atoms with van der Waals surface area (Å²) in [6, 6.07) is 2.35. The Morgan fingerprint density at radius 1 is 1.47 bits per heavy atom. The molecule has 0 spiro atoms. The first kappa shape index (κ1) is 14.4. The van der Waals surface area contributed by atoms with E-state index in [1.54, 1.807) is 0 Å². The highest BCUT2D eigenvalue weighted by atomic mass is 127. The molecule has 8 heteroatoms. The number of anilines is 1. The second-order valence-electron chi connectivity index (χ2n) is 4.33. The summed E-state index contributed by atoms with van der Waals surface area (Å²) < 4.78 is 41.6. The lowest BCUT2D eigenvalue weighted by Gasteiger charge is -2.39. The molecule has 2 heterocycles. The molecule has 1 aliphatic heterocycles. The van der Waals surface area contributed by atoms with Gasteiger partial charge in [-0.25, -0.2) is 4.98 Å². The highest BCUT2D eigenvalue weighted by Gasteiger charge is 2.33. The number of pyridine rings is 1. The van der Waals surface area contributed by atoms with E-state index in [4.69, 9.17) is 0 Å². The lowest BCUT2D eigenvalue weighted by Crippen LogP contribution is -2.48. The Kier molecular flexibility index (Phi) is 4.16. The summed E-state index contributed by atoms with van der Waals surface area (Å²) in [6.45, 7) is 1.20. The molecule has 19 heavy (non-hydrogen) atoms. The van der Waals surface area contributed by atoms with E-state index < -0.39 is 11.7 Å². The first-order valence-electron chi connectivity index (χ1n) is 5.50. The first-order valence-corrected chi connectivity index (χ1v) is 6.38. The predicted molar refractivity (Wildman–Crippen MR) is 69.7 cm³/mol. The Morgan fingerprint density at radius 3 is 2.63 bits per heavy atom. The zero-order valence-corrected chi connectivity index (χ0v) is 11.8. The third-order valence-corrected chi connectivity index (χ3v) is 3.39. The van der Waals surface area contributed by atoms with Gasteiger partial charge in [0.2, 0.25) is 0 Å². The fourth-order valence-electron chi connectivity index (χ4n) is 1.89. The van der Waals surface area contributed by atoms with Crippen molar-refractivity contribution in [3.8, 4) is 0 Å². The lowest BCUT2D eigenvalue weighted by atomic mass is 9.96. The minimum absolute atomic E-state index is 0.173. The molecule has 1 aliphatic rings. The lowest BCUT2D eigenvalue weighted by molar-refractivity contribution is -0.138. The molecule has 1 aromatic rings. The highest BCUT2D eigenvalue weighted by molar-refractivity contribution is 14.1. The van der Waals surface area contributed by atoms with Gasteiger partial charge in [-0.2, -0.15) is 13.2 Å². The topological polar surface area (TPSA) is 42.4 Å². The van der Waals surface area contributed by atoms with Gasteiger partial charge in [0, 0.05) is 25.2 Å². The standard InChI is InChI=1S/C11H10F3IN2O2/c12-11(13,14)8-1-2-9(16-4-8)17-5-7(6-17)3-10(18)19-15/h1-2,4,7H,3,5-6H2. The number of hydrogen-bond donors (Lipinski definition) is 0. The second-order valence-corrected chi connectivity index (χ2v) is 4.77. The van der Waals surface area contributed by atoms with Gasteiger partial charge in [-0.3, -0.25) is 4.79 Å². The molecule has 1 saturated heterocycles. The molecule has 0 bridgehead atoms. The quantitative estimate of drug-likeness (QED) is 0.750. The molecule has 0 aliphatic carbocycles. The molecular formula is C11H10F3IN2O2. The van der Waals surface area contributed by atoms with Gasteiger partial charge in [-0.1, -0.05) is 0 Å². The van der Waals surface area contributed by atoms with Crippen LogP contribution < -0.4 is 4.90 Å². The van der Waals surface area contributed by atoms with Crippen LogP contribution in [0.15, 0.2) is 18.3 Å². The van der Waals surface area contributed by atoms with E-state index in [0.717, 1.165) is 12.3 Å². The van der Waals surface area contributed by atoms with Crippen LogP contribution in [0, 0.1) is 5.92 Å². The van der Waals surface area contributed by atoms with Crippen molar-refractivity contribution >= 4 is 34.8 Å². The third kappa shape index (κ3) is 3.48. The van der Waals surface area contributed by atoms with Gasteiger partial charge in [-0.05, 0) is 12.1 Å². The number of carbonyl (C=O) groups excluding carboxylic acids is 1. The molecule has 0 unspecified atom stereocenters. The van der Waals surface area contributed by atoms with Crippen LogP contribution in [-0.4, -0.2) is 24.0 Å². The summed E-state index contributed by atoms with van der Waals surface area (Å²) in [6.07, 6.45) is -3.23. The maximum atomic E-state index is 12.4. The van der Waals surface area contributed by atoms with Crippen LogP contribution in [0.4, 0.5) is 19.0 Å². The third-order valence-electron chi connectivity index (χ3n) is 2.90. The van der Waals surface area contributed by atoms with Crippen LogP contribution in [0.3, 0.4) is 0 Å². The molecule has 2 rings (SSSR count). The maximum absolute atomic E-state index is 12.4. The fraction of sp³-hybridized carbons (Fsp3) is 0.455. The molecule has 0 radical (unpaired) electrons. The minimum Gasteiger partial charge on any atom is -0.394 e. The van der Waals surface area contributed by atoms with Crippen molar-refractivity contribution < 1.29 is 21.0 Å². The van der Waals surface area contributed by atoms with E-state index in [-0.39, 0.29) is 11.9 Å². The SMILES string of the molecule is O=C(CC1CN(c2ccc(C(F)(F)F)cn2)C1)OI. The van der Waals surface area contributed by atoms with Crippen LogP contribution in [0.2, 0.25) is 0 Å². The number of alkyl halides is 3. The second kappa shape index (κ2) is 5.51. The summed E-state index contributed by atoms with van der Waals surface area (Å²) in [5.74, 6) is 0.379. The molecule has 4 nitrogen and oxygen atoms in total. The van der Waals surface area contributed by atoms with Gasteiger partial charge in [0.25, 0.3) is 0 Å². The van der Waals surface area contributed by atoms with Crippen molar-refractivity contribution in [2.75, 3.05) is 18.0 Å². The van der Waals surface area contributed by atoms with E-state index in [1.165, 1.54) is 29.1 Å². The minimum atomic E-state index is -4.37. The van der Waals surface area contributed by atoms with Gasteiger partial charge in [0.1, 0.15) is 5.82 Å². The Labute approximate surface area is 121 Å². The average molecular weight is 386 g/mol. The van der Waals surface area contributed by atoms with Crippen molar-refractivity contribution in [3.63, 3.8) is 0 Å². The molecule has 0 amide bonds. The summed E-state index contributed by atoms with van der Waals surface area (Å²) in [7, 11) is 0. The van der Waals surface area contributed by atoms with Crippen molar-refractivity contribution in [2.24, 2.45) is 5.92 Å². The van der Waals surface area contributed by atoms with Crippen LogP contribution in [0.5, 0.6) is 0 Å². The number of aromatic nitrogens is 1. The summed E-state index contributed by atoms with van der Waals surface area (Å²) in [5, 5.41) is 0. The highest BCUT2D eigenvalue weighted by Crippen LogP contribution is 2.31. The van der Waals surface area contributed by atoms with Crippen LogP contribution in [-0.2, 0) is 14.0 Å². The Bertz CT molecular complexity index is 458. The number of carbonyl (C=O) groups is 1. The van der Waals surface area contributed by atoms with E-state index in [1.807, 2.05) is 4.90 Å². The van der Waals surface area contributed by atoms with E-state index in [2.05, 4.69) is 8.05 Å². The normalized spacial score (nSPS) is 16.1. The smallest absolute Gasteiger partial charge is 0.394 e. The molecule has 104 valence electrons. The maximum Gasteiger partial charge on any atom is 0.417 e. The first-order chi connectivity index (χ1) is 8.90. The van der Waals surface area contributed by atoms with E-state index >= 15 is 0 Å². The van der Waals surface area contributed by atoms with Gasteiger partial charge in [0.05, 0.1) is 12.0 Å². The largest absolute Gasteiger partial charge is 0.417 e. The van der Waals surface area contributed by atoms with E-state index in [0.29, 0.717) is 25.3 Å². The van der Waals surface area contributed by atoms with Crippen molar-refractivity contribution in [1.82, 2.24) is 4.98 Å². The number of rotatable bonds is 3. The average Bonchev–Trinajstić information content (AvgIpc) is 2.32. The van der Waals surface area contributed by atoms with Gasteiger partial charge in [0.15, 0.2) is 23.0 Å². The molecular weight excluding hydrogens is 376 g/mol. The van der Waals surface area contributed by atoms with Gasteiger partial charge >= 0.3 is 12.1 Å². The van der Waals surface area contributed by atoms with Gasteiger partial charge in [-0.15, -0.1) is 0 Å². The fourth-order valence-corrected chi connectivity index (χ4v) is 2.07. The molecule has 1 fully saturated rings. The Balaban J connectivity index is 1.90. The number of halogens is 4. The monoisotopic (exact) mass is 386 g/mol. The van der Waals surface area contributed by atoms with Crippen molar-refractivity contribution in [2.45, 2.75) is 12.6 Å². The number of hydrogen-bond acceptors (Lipinski definition) is 4. The zero-order chi connectivity index (χ0) is 14.0. The van der Waals surface area contributed by atoms with E-state index in [9.17, 15) is 18.0 Å². The summed E-state index contributed by atoms with van der Waals surface area (Å²) >= 11 is 1.53. The van der Waals surface area contributed by atoms with Crippen LogP contribution in [0.25, 0.3) is 0 Å². The van der Waals surface area contributed by atoms with Crippen LogP contribution >= 0.6 is 23.0 Å². The van der Waals surface area contributed by atoms with Crippen molar-refractivity contribution in [1.29, 1.82) is 0 Å².